The van der Waals surface area contributed by atoms with Crippen molar-refractivity contribution in [3.8, 4) is 0 Å². The maximum atomic E-state index is 10.5. The van der Waals surface area contributed by atoms with Crippen LogP contribution in [0.2, 0.25) is 0 Å². The lowest BCUT2D eigenvalue weighted by Gasteiger charge is -1.99. The lowest BCUT2D eigenvalue weighted by atomic mass is 10.2. The smallest absolute Gasteiger partial charge is 0.288 e. The molecule has 0 radical (unpaired) electrons. The molecule has 0 spiro atoms. The molecule has 0 unspecified atom stereocenters. The van der Waals surface area contributed by atoms with E-state index in [1.165, 1.54) is 12.1 Å². The Balaban J connectivity index is 0.000000401. The maximum Gasteiger partial charge on any atom is 0.294 e. The summed E-state index contributed by atoms with van der Waals surface area (Å²) in [5.74, 6) is 0.321. The van der Waals surface area contributed by atoms with Gasteiger partial charge in [-0.25, -0.2) is 10.9 Å². The minimum absolute atomic E-state index is 0.0666. The zero-order valence-electron chi connectivity index (χ0n) is 12.7. The molecule has 0 heterocycles. The van der Waals surface area contributed by atoms with E-state index < -0.39 is 10.1 Å². The van der Waals surface area contributed by atoms with Crippen molar-refractivity contribution in [3.63, 3.8) is 0 Å². The third-order valence-corrected chi connectivity index (χ3v) is 3.14. The van der Waals surface area contributed by atoms with E-state index in [1.807, 2.05) is 6.92 Å². The van der Waals surface area contributed by atoms with Crippen LogP contribution in [0.25, 0.3) is 0 Å². The van der Waals surface area contributed by atoms with Gasteiger partial charge in [0.05, 0.1) is 4.90 Å². The molecule has 1 rings (SSSR count). The second-order valence-electron chi connectivity index (χ2n) is 4.83. The Hall–Kier alpha value is -1.97. The fraction of sp³-hybridized carbons (Fsp3) is 0.385. The highest BCUT2D eigenvalue weighted by atomic mass is 32.2. The van der Waals surface area contributed by atoms with Gasteiger partial charge >= 0.3 is 0 Å². The highest BCUT2D eigenvalue weighted by molar-refractivity contribution is 7.85. The van der Waals surface area contributed by atoms with E-state index in [9.17, 15) is 8.42 Å². The van der Waals surface area contributed by atoms with E-state index in [0.717, 1.165) is 12.0 Å². The molecule has 0 saturated carbocycles. The van der Waals surface area contributed by atoms with Gasteiger partial charge < -0.3 is 0 Å². The molecule has 0 aliphatic carbocycles. The van der Waals surface area contributed by atoms with Gasteiger partial charge in [-0.15, -0.1) is 0 Å². The molecule has 0 aromatic heterocycles. The number of hydrogen-bond donors (Lipinski definition) is 5. The fourth-order valence-electron chi connectivity index (χ4n) is 1.11. The zero-order chi connectivity index (χ0) is 17.2. The lowest BCUT2D eigenvalue weighted by Crippen LogP contribution is -2.30. The molecule has 1 aromatic carbocycles. The van der Waals surface area contributed by atoms with Crippen LogP contribution in [-0.2, 0) is 10.1 Å². The van der Waals surface area contributed by atoms with Gasteiger partial charge in [-0.3, -0.25) is 15.2 Å². The molecule has 9 heteroatoms. The van der Waals surface area contributed by atoms with Gasteiger partial charge in [-0.1, -0.05) is 31.5 Å². The third-order valence-electron chi connectivity index (χ3n) is 2.28. The van der Waals surface area contributed by atoms with Crippen molar-refractivity contribution < 1.29 is 18.2 Å². The van der Waals surface area contributed by atoms with Crippen LogP contribution in [0.4, 0.5) is 0 Å². The molecule has 0 atom stereocenters. The first-order valence-corrected chi connectivity index (χ1v) is 7.91. The predicted molar refractivity (Wildman–Crippen MR) is 84.7 cm³/mol. The van der Waals surface area contributed by atoms with Gasteiger partial charge in [0.15, 0.2) is 0 Å². The molecule has 0 aliphatic rings. The number of guanidine groups is 1. The van der Waals surface area contributed by atoms with Gasteiger partial charge in [0.1, 0.15) is 0 Å². The number of aryl methyl sites for hydroxylation is 1. The van der Waals surface area contributed by atoms with Crippen molar-refractivity contribution in [2.24, 2.45) is 11.0 Å². The quantitative estimate of drug-likeness (QED) is 0.247. The summed E-state index contributed by atoms with van der Waals surface area (Å²) in [4.78, 5) is -0.0666. The molecule has 0 saturated heterocycles. The molecule has 0 bridgehead atoms. The SMILES string of the molecule is CC(C)C/C=N/NC(=N)NO.Cc1ccc(S(=O)(=O)O)cc1. The fourth-order valence-corrected chi connectivity index (χ4v) is 1.59. The van der Waals surface area contributed by atoms with Gasteiger partial charge in [-0.2, -0.15) is 13.5 Å². The summed E-state index contributed by atoms with van der Waals surface area (Å²) < 4.78 is 29.6. The van der Waals surface area contributed by atoms with Crippen molar-refractivity contribution in [1.29, 1.82) is 5.41 Å². The first-order chi connectivity index (χ1) is 10.2. The maximum absolute atomic E-state index is 10.5. The summed E-state index contributed by atoms with van der Waals surface area (Å²) in [6.07, 6.45) is 2.52. The largest absolute Gasteiger partial charge is 0.294 e. The molecule has 1 aromatic rings. The highest BCUT2D eigenvalue weighted by Gasteiger charge is 2.06. The van der Waals surface area contributed by atoms with Crippen LogP contribution < -0.4 is 10.9 Å². The van der Waals surface area contributed by atoms with Crippen molar-refractivity contribution in [2.45, 2.75) is 32.1 Å². The van der Waals surface area contributed by atoms with Crippen LogP contribution in [0.1, 0.15) is 25.8 Å². The minimum atomic E-state index is -4.02. The van der Waals surface area contributed by atoms with Crippen molar-refractivity contribution in [2.75, 3.05) is 0 Å². The average molecular weight is 330 g/mol. The molecule has 8 nitrogen and oxygen atoms in total. The molecule has 0 amide bonds. The topological polar surface area (TPSA) is 135 Å². The molecule has 124 valence electrons. The van der Waals surface area contributed by atoms with E-state index in [1.54, 1.807) is 23.8 Å². The minimum Gasteiger partial charge on any atom is -0.288 e. The first-order valence-electron chi connectivity index (χ1n) is 6.47. The number of benzene rings is 1. The third kappa shape index (κ3) is 9.86. The number of hydrogen-bond acceptors (Lipinski definition) is 5. The van der Waals surface area contributed by atoms with E-state index in [4.69, 9.17) is 15.2 Å². The zero-order valence-corrected chi connectivity index (χ0v) is 13.6. The van der Waals surface area contributed by atoms with Crippen molar-refractivity contribution in [3.05, 3.63) is 29.8 Å². The van der Waals surface area contributed by atoms with Crippen LogP contribution in [0.15, 0.2) is 34.3 Å². The number of nitrogens with one attached hydrogen (secondary N) is 3. The van der Waals surface area contributed by atoms with Crippen LogP contribution in [0.3, 0.4) is 0 Å². The normalized spacial score (nSPS) is 11.0. The summed E-state index contributed by atoms with van der Waals surface area (Å²) in [5.41, 5.74) is 4.85. The monoisotopic (exact) mass is 330 g/mol. The Morgan fingerprint density at radius 3 is 2.32 bits per heavy atom. The summed E-state index contributed by atoms with van der Waals surface area (Å²) in [6, 6.07) is 5.99. The van der Waals surface area contributed by atoms with Gasteiger partial charge in [0.25, 0.3) is 10.1 Å². The summed E-state index contributed by atoms with van der Waals surface area (Å²) in [6.45, 7) is 5.98. The molecule has 5 N–H and O–H groups in total. The average Bonchev–Trinajstić information content (AvgIpc) is 2.43. The van der Waals surface area contributed by atoms with E-state index in [-0.39, 0.29) is 10.9 Å². The molecular formula is C13H22N4O4S. The Bertz CT molecular complexity index is 583. The van der Waals surface area contributed by atoms with Gasteiger partial charge in [-0.05, 0) is 31.4 Å². The Kier molecular flexibility index (Phi) is 8.99. The number of hydroxylamine groups is 1. The second-order valence-corrected chi connectivity index (χ2v) is 6.25. The van der Waals surface area contributed by atoms with E-state index in [2.05, 4.69) is 24.4 Å². The van der Waals surface area contributed by atoms with Crippen molar-refractivity contribution >= 4 is 22.3 Å². The standard InChI is InChI=1S/C7H8O3S.C6H14N4O/c1-6-2-4-7(5-3-6)11(8,9)10;1-5(2)3-4-8-9-6(7)10-11/h2-5H,1H3,(H,8,9,10);4-5,11H,3H2,1-2H3,(H3,7,9,10)/b;8-4+. The Morgan fingerprint density at radius 1 is 1.36 bits per heavy atom. The Labute approximate surface area is 130 Å². The van der Waals surface area contributed by atoms with E-state index >= 15 is 0 Å². The van der Waals surface area contributed by atoms with Crippen LogP contribution >= 0.6 is 0 Å². The van der Waals surface area contributed by atoms with Crippen LogP contribution in [0, 0.1) is 18.3 Å². The summed E-state index contributed by atoms with van der Waals surface area (Å²) >= 11 is 0. The van der Waals surface area contributed by atoms with E-state index in [0.29, 0.717) is 5.92 Å². The molecule has 0 fully saturated rings. The van der Waals surface area contributed by atoms with Gasteiger partial charge in [0, 0.05) is 6.21 Å². The predicted octanol–water partition coefficient (Wildman–Crippen LogP) is 1.76. The molecular weight excluding hydrogens is 308 g/mol. The van der Waals surface area contributed by atoms with Gasteiger partial charge in [0.2, 0.25) is 5.96 Å². The van der Waals surface area contributed by atoms with Crippen molar-refractivity contribution in [1.82, 2.24) is 10.9 Å². The molecule has 22 heavy (non-hydrogen) atoms. The lowest BCUT2D eigenvalue weighted by molar-refractivity contribution is 0.228. The highest BCUT2D eigenvalue weighted by Crippen LogP contribution is 2.08. The number of hydrazone groups is 1. The second kappa shape index (κ2) is 9.87. The first kappa shape index (κ1) is 20.0. The summed E-state index contributed by atoms with van der Waals surface area (Å²) in [7, 11) is -4.02. The van der Waals surface area contributed by atoms with Crippen LogP contribution in [-0.4, -0.2) is 30.4 Å². The number of rotatable bonds is 4. The molecule has 0 aliphatic heterocycles. The van der Waals surface area contributed by atoms with Crippen LogP contribution in [0.5, 0.6) is 0 Å². The Morgan fingerprint density at radius 2 is 1.91 bits per heavy atom. The summed E-state index contributed by atoms with van der Waals surface area (Å²) in [5, 5.41) is 18.6. The number of nitrogens with zero attached hydrogens (tertiary/aromatic N) is 1.